The maximum Gasteiger partial charge on any atom is 0.233 e. The fraction of sp³-hybridized carbons (Fsp3) is 0.833. The molecule has 5 heteroatoms. The van der Waals surface area contributed by atoms with Gasteiger partial charge < -0.3 is 16.3 Å². The third-order valence-corrected chi connectivity index (χ3v) is 3.89. The number of amides is 1. The van der Waals surface area contributed by atoms with E-state index in [1.165, 1.54) is 12.8 Å². The monoisotopic (exact) mass is 241 g/mol. The zero-order valence-electron chi connectivity index (χ0n) is 10.9. The molecule has 1 amide bonds. The number of hydrogen-bond acceptors (Lipinski definition) is 3. The van der Waals surface area contributed by atoms with Gasteiger partial charge in [0.1, 0.15) is 5.41 Å². The van der Waals surface area contributed by atoms with Crippen molar-refractivity contribution < 1.29 is 10.0 Å². The number of nitrogens with two attached hydrogens (primary N) is 1. The van der Waals surface area contributed by atoms with Crippen molar-refractivity contribution in [2.24, 2.45) is 28.1 Å². The Morgan fingerprint density at radius 3 is 2.65 bits per heavy atom. The van der Waals surface area contributed by atoms with Crippen molar-refractivity contribution in [1.82, 2.24) is 5.32 Å². The minimum atomic E-state index is -0.919. The molecule has 2 atom stereocenters. The SMILES string of the molecule is CCC(C)(C(=O)NCC(C)C1CC1)C(N)=NO. The van der Waals surface area contributed by atoms with Crippen molar-refractivity contribution in [2.75, 3.05) is 6.54 Å². The molecule has 0 aromatic heterocycles. The Kier molecular flexibility index (Phi) is 4.37. The lowest BCUT2D eigenvalue weighted by atomic mass is 9.85. The first-order chi connectivity index (χ1) is 7.95. The molecule has 0 heterocycles. The Labute approximate surface area is 102 Å². The van der Waals surface area contributed by atoms with Crippen molar-refractivity contribution in [3.8, 4) is 0 Å². The zero-order chi connectivity index (χ0) is 13.1. The molecule has 0 aromatic carbocycles. The van der Waals surface area contributed by atoms with Gasteiger partial charge in [-0.05, 0) is 38.0 Å². The van der Waals surface area contributed by atoms with E-state index in [0.29, 0.717) is 18.9 Å². The molecule has 17 heavy (non-hydrogen) atoms. The fourth-order valence-corrected chi connectivity index (χ4v) is 1.85. The maximum atomic E-state index is 12.1. The van der Waals surface area contributed by atoms with Crippen LogP contribution in [0.5, 0.6) is 0 Å². The molecule has 1 saturated carbocycles. The van der Waals surface area contributed by atoms with Gasteiger partial charge in [0.25, 0.3) is 0 Å². The summed E-state index contributed by atoms with van der Waals surface area (Å²) >= 11 is 0. The van der Waals surface area contributed by atoms with Gasteiger partial charge >= 0.3 is 0 Å². The van der Waals surface area contributed by atoms with E-state index in [1.807, 2.05) is 6.92 Å². The second-order valence-electron chi connectivity index (χ2n) is 5.20. The third-order valence-electron chi connectivity index (χ3n) is 3.89. The number of carbonyl (C=O) groups excluding carboxylic acids is 1. The van der Waals surface area contributed by atoms with Crippen molar-refractivity contribution >= 4 is 11.7 Å². The van der Waals surface area contributed by atoms with Crippen LogP contribution >= 0.6 is 0 Å². The molecule has 0 saturated heterocycles. The van der Waals surface area contributed by atoms with Crippen LogP contribution in [0, 0.1) is 17.3 Å². The summed E-state index contributed by atoms with van der Waals surface area (Å²) < 4.78 is 0. The first kappa shape index (κ1) is 13.8. The molecule has 4 N–H and O–H groups in total. The first-order valence-electron chi connectivity index (χ1n) is 6.22. The summed E-state index contributed by atoms with van der Waals surface area (Å²) in [6.45, 7) is 6.35. The van der Waals surface area contributed by atoms with Gasteiger partial charge in [0.05, 0.1) is 0 Å². The van der Waals surface area contributed by atoms with Gasteiger partial charge in [0, 0.05) is 6.54 Å². The van der Waals surface area contributed by atoms with Crippen LogP contribution in [-0.4, -0.2) is 23.5 Å². The Morgan fingerprint density at radius 2 is 2.24 bits per heavy atom. The van der Waals surface area contributed by atoms with Crippen LogP contribution in [0.25, 0.3) is 0 Å². The summed E-state index contributed by atoms with van der Waals surface area (Å²) in [5, 5.41) is 14.6. The quantitative estimate of drug-likeness (QED) is 0.283. The highest BCUT2D eigenvalue weighted by Crippen LogP contribution is 2.36. The zero-order valence-corrected chi connectivity index (χ0v) is 10.9. The highest BCUT2D eigenvalue weighted by Gasteiger charge is 2.37. The van der Waals surface area contributed by atoms with Gasteiger partial charge in [-0.1, -0.05) is 19.0 Å². The molecule has 0 radical (unpaired) electrons. The van der Waals surface area contributed by atoms with Crippen LogP contribution < -0.4 is 11.1 Å². The summed E-state index contributed by atoms with van der Waals surface area (Å²) in [7, 11) is 0. The highest BCUT2D eigenvalue weighted by atomic mass is 16.4. The predicted octanol–water partition coefficient (Wildman–Crippen LogP) is 1.31. The summed E-state index contributed by atoms with van der Waals surface area (Å²) in [6.07, 6.45) is 3.04. The highest BCUT2D eigenvalue weighted by molar-refractivity contribution is 6.06. The van der Waals surface area contributed by atoms with Gasteiger partial charge in [-0.3, -0.25) is 4.79 Å². The van der Waals surface area contributed by atoms with E-state index in [1.54, 1.807) is 6.92 Å². The van der Waals surface area contributed by atoms with Gasteiger partial charge in [0.15, 0.2) is 5.84 Å². The third kappa shape index (κ3) is 3.11. The van der Waals surface area contributed by atoms with Crippen LogP contribution in [-0.2, 0) is 4.79 Å². The molecule has 5 nitrogen and oxygen atoms in total. The molecule has 1 fully saturated rings. The van der Waals surface area contributed by atoms with Crippen LogP contribution in [0.4, 0.5) is 0 Å². The average molecular weight is 241 g/mol. The second-order valence-corrected chi connectivity index (χ2v) is 5.20. The van der Waals surface area contributed by atoms with Crippen molar-refractivity contribution in [1.29, 1.82) is 0 Å². The van der Waals surface area contributed by atoms with E-state index < -0.39 is 5.41 Å². The molecule has 2 unspecified atom stereocenters. The summed E-state index contributed by atoms with van der Waals surface area (Å²) in [6, 6.07) is 0. The number of rotatable bonds is 6. The van der Waals surface area contributed by atoms with Crippen LogP contribution in [0.1, 0.15) is 40.0 Å². The smallest absolute Gasteiger partial charge is 0.233 e. The molecule has 1 rings (SSSR count). The summed E-state index contributed by atoms with van der Waals surface area (Å²) in [5.41, 5.74) is 4.66. The molecular formula is C12H23N3O2. The van der Waals surface area contributed by atoms with Gasteiger partial charge in [-0.15, -0.1) is 0 Å². The van der Waals surface area contributed by atoms with E-state index in [9.17, 15) is 4.79 Å². The minimum Gasteiger partial charge on any atom is -0.409 e. The van der Waals surface area contributed by atoms with Crippen LogP contribution in [0.3, 0.4) is 0 Å². The second kappa shape index (κ2) is 5.38. The maximum absolute atomic E-state index is 12.1. The van der Waals surface area contributed by atoms with Crippen LogP contribution in [0.15, 0.2) is 5.16 Å². The topological polar surface area (TPSA) is 87.7 Å². The van der Waals surface area contributed by atoms with E-state index in [0.717, 1.165) is 5.92 Å². The number of nitrogens with one attached hydrogen (secondary N) is 1. The molecule has 0 bridgehead atoms. The predicted molar refractivity (Wildman–Crippen MR) is 66.7 cm³/mol. The molecule has 0 spiro atoms. The first-order valence-corrected chi connectivity index (χ1v) is 6.22. The molecule has 98 valence electrons. The number of nitrogens with zero attached hydrogens (tertiary/aromatic N) is 1. The van der Waals surface area contributed by atoms with E-state index in [4.69, 9.17) is 10.9 Å². The van der Waals surface area contributed by atoms with E-state index >= 15 is 0 Å². The fourth-order valence-electron chi connectivity index (χ4n) is 1.85. The standard InChI is InChI=1S/C12H23N3O2/c1-4-12(3,10(13)15-17)11(16)14-7-8(2)9-5-6-9/h8-9,17H,4-7H2,1-3H3,(H2,13,15)(H,14,16). The largest absolute Gasteiger partial charge is 0.409 e. The molecule has 1 aliphatic rings. The Hall–Kier alpha value is -1.26. The van der Waals surface area contributed by atoms with Gasteiger partial charge in [0.2, 0.25) is 5.91 Å². The van der Waals surface area contributed by atoms with Crippen LogP contribution in [0.2, 0.25) is 0 Å². The summed E-state index contributed by atoms with van der Waals surface area (Å²) in [5.74, 6) is 1.07. The average Bonchev–Trinajstić information content (AvgIpc) is 3.17. The number of amidine groups is 1. The van der Waals surface area contributed by atoms with E-state index in [2.05, 4.69) is 17.4 Å². The van der Waals surface area contributed by atoms with E-state index in [-0.39, 0.29) is 11.7 Å². The van der Waals surface area contributed by atoms with Crippen molar-refractivity contribution in [3.63, 3.8) is 0 Å². The van der Waals surface area contributed by atoms with Crippen molar-refractivity contribution in [2.45, 2.75) is 40.0 Å². The lowest BCUT2D eigenvalue weighted by Gasteiger charge is -2.26. The Bertz CT molecular complexity index is 313. The molecule has 0 aliphatic heterocycles. The summed E-state index contributed by atoms with van der Waals surface area (Å²) in [4.78, 5) is 12.1. The Balaban J connectivity index is 2.54. The minimum absolute atomic E-state index is 0.0309. The normalized spacial score (nSPS) is 21.7. The lowest BCUT2D eigenvalue weighted by molar-refractivity contribution is -0.127. The Morgan fingerprint density at radius 1 is 1.65 bits per heavy atom. The number of carbonyl (C=O) groups is 1. The molecule has 1 aliphatic carbocycles. The molecule has 0 aromatic rings. The molecular weight excluding hydrogens is 218 g/mol. The number of hydrogen-bond donors (Lipinski definition) is 3. The number of oxime groups is 1. The van der Waals surface area contributed by atoms with Gasteiger partial charge in [-0.2, -0.15) is 0 Å². The lowest BCUT2D eigenvalue weighted by Crippen LogP contribution is -2.48. The van der Waals surface area contributed by atoms with Crippen molar-refractivity contribution in [3.05, 3.63) is 0 Å². The van der Waals surface area contributed by atoms with Gasteiger partial charge in [-0.25, -0.2) is 0 Å².